The fraction of sp³-hybridized carbons (Fsp3) is 0. The first kappa shape index (κ1) is 16.6. The van der Waals surface area contributed by atoms with E-state index in [1.165, 1.54) is 49.7 Å². The van der Waals surface area contributed by atoms with Crippen molar-refractivity contribution in [1.29, 1.82) is 0 Å². The molecule has 6 aromatic rings. The highest BCUT2D eigenvalue weighted by Gasteiger charge is 2.22. The van der Waals surface area contributed by atoms with Crippen LogP contribution in [-0.4, -0.2) is 9.55 Å². The highest BCUT2D eigenvalue weighted by molar-refractivity contribution is 6.09. The van der Waals surface area contributed by atoms with E-state index in [-0.39, 0.29) is 0 Å². The summed E-state index contributed by atoms with van der Waals surface area (Å²) in [7, 11) is 0. The van der Waals surface area contributed by atoms with E-state index in [9.17, 15) is 0 Å². The average molecular weight is 394 g/mol. The van der Waals surface area contributed by atoms with Crippen molar-refractivity contribution >= 4 is 21.9 Å². The average Bonchev–Trinajstić information content (AvgIpc) is 3.16. The molecule has 144 valence electrons. The van der Waals surface area contributed by atoms with Crippen molar-refractivity contribution in [2.24, 2.45) is 0 Å². The van der Waals surface area contributed by atoms with Crippen LogP contribution in [0.5, 0.6) is 0 Å². The summed E-state index contributed by atoms with van der Waals surface area (Å²) in [6.07, 6.45) is 1.87. The first-order valence-electron chi connectivity index (χ1n) is 10.6. The molecular weight excluding hydrogens is 376 g/mol. The number of fused-ring (bicyclic) bond motifs is 7. The number of nitrogens with zero attached hydrogens (tertiary/aromatic N) is 2. The molecule has 2 nitrogen and oxygen atoms in total. The van der Waals surface area contributed by atoms with E-state index in [0.29, 0.717) is 0 Å². The van der Waals surface area contributed by atoms with Crippen molar-refractivity contribution in [2.45, 2.75) is 0 Å². The van der Waals surface area contributed by atoms with Crippen molar-refractivity contribution in [2.75, 3.05) is 0 Å². The Kier molecular flexibility index (Phi) is 3.30. The molecule has 0 unspecified atom stereocenters. The highest BCUT2D eigenvalue weighted by Crippen LogP contribution is 2.48. The van der Waals surface area contributed by atoms with Crippen molar-refractivity contribution in [3.05, 3.63) is 109 Å². The summed E-state index contributed by atoms with van der Waals surface area (Å²) >= 11 is 0. The Morgan fingerprint density at radius 2 is 1.23 bits per heavy atom. The van der Waals surface area contributed by atoms with Gasteiger partial charge in [-0.1, -0.05) is 66.7 Å². The number of benzene rings is 4. The zero-order valence-electron chi connectivity index (χ0n) is 16.8. The summed E-state index contributed by atoms with van der Waals surface area (Å²) in [5, 5.41) is 2.41. The van der Waals surface area contributed by atoms with Crippen molar-refractivity contribution in [3.8, 4) is 39.1 Å². The Bertz CT molecular complexity index is 1620. The predicted octanol–water partition coefficient (Wildman–Crippen LogP) is 7.49. The standard InChI is InChI=1S/C29H18N2/c1-2-7-21(8-3-1)31-28-18-20(13-15-25(28)26-11-6-16-30-29(26)31)19-12-14-24-22-9-4-5-10-23(22)27(24)17-19/h1-18H. The van der Waals surface area contributed by atoms with Crippen LogP contribution in [0.3, 0.4) is 0 Å². The van der Waals surface area contributed by atoms with Crippen LogP contribution < -0.4 is 0 Å². The molecule has 4 aromatic carbocycles. The lowest BCUT2D eigenvalue weighted by molar-refractivity contribution is 1.14. The minimum absolute atomic E-state index is 0.993. The van der Waals surface area contributed by atoms with Gasteiger partial charge in [0, 0.05) is 22.7 Å². The van der Waals surface area contributed by atoms with Gasteiger partial charge in [0.25, 0.3) is 0 Å². The van der Waals surface area contributed by atoms with Gasteiger partial charge in [0.1, 0.15) is 5.65 Å². The van der Waals surface area contributed by atoms with Crippen LogP contribution in [0.25, 0.3) is 61.0 Å². The second kappa shape index (κ2) is 6.16. The number of hydrogen-bond donors (Lipinski definition) is 0. The van der Waals surface area contributed by atoms with E-state index >= 15 is 0 Å². The van der Waals surface area contributed by atoms with Gasteiger partial charge in [0.15, 0.2) is 0 Å². The second-order valence-corrected chi connectivity index (χ2v) is 8.08. The number of para-hydroxylation sites is 1. The summed E-state index contributed by atoms with van der Waals surface area (Å²) in [4.78, 5) is 4.72. The summed E-state index contributed by atoms with van der Waals surface area (Å²) in [5.74, 6) is 0. The van der Waals surface area contributed by atoms with Gasteiger partial charge < -0.3 is 0 Å². The van der Waals surface area contributed by atoms with Crippen LogP contribution in [0, 0.1) is 0 Å². The normalized spacial score (nSPS) is 11.9. The summed E-state index contributed by atoms with van der Waals surface area (Å²) in [5.41, 5.74) is 11.2. The molecule has 0 saturated heterocycles. The molecule has 0 bridgehead atoms. The molecule has 0 aliphatic heterocycles. The Morgan fingerprint density at radius 3 is 2.10 bits per heavy atom. The zero-order valence-corrected chi connectivity index (χ0v) is 16.8. The molecule has 2 heterocycles. The van der Waals surface area contributed by atoms with Crippen molar-refractivity contribution < 1.29 is 0 Å². The highest BCUT2D eigenvalue weighted by atomic mass is 15.0. The zero-order chi connectivity index (χ0) is 20.4. The van der Waals surface area contributed by atoms with Gasteiger partial charge in [0.05, 0.1) is 5.52 Å². The number of rotatable bonds is 2. The van der Waals surface area contributed by atoms with Gasteiger partial charge in [-0.05, 0) is 69.8 Å². The number of pyridine rings is 1. The molecule has 2 heteroatoms. The molecule has 0 amide bonds. The Balaban J connectivity index is 1.46. The lowest BCUT2D eigenvalue weighted by atomic mass is 9.79. The summed E-state index contributed by atoms with van der Waals surface area (Å²) in [6.45, 7) is 0. The molecule has 0 radical (unpaired) electrons. The molecule has 1 aliphatic rings. The van der Waals surface area contributed by atoms with Crippen LogP contribution in [0.2, 0.25) is 0 Å². The smallest absolute Gasteiger partial charge is 0.145 e. The van der Waals surface area contributed by atoms with E-state index in [1.54, 1.807) is 0 Å². The monoisotopic (exact) mass is 394 g/mol. The molecular formula is C29H18N2. The van der Waals surface area contributed by atoms with Crippen molar-refractivity contribution in [3.63, 3.8) is 0 Å². The van der Waals surface area contributed by atoms with Gasteiger partial charge in [-0.2, -0.15) is 0 Å². The second-order valence-electron chi connectivity index (χ2n) is 8.08. The molecule has 7 rings (SSSR count). The van der Waals surface area contributed by atoms with E-state index in [0.717, 1.165) is 11.3 Å². The molecule has 2 aromatic heterocycles. The Morgan fingerprint density at radius 1 is 0.516 bits per heavy atom. The topological polar surface area (TPSA) is 17.8 Å². The SMILES string of the molecule is c1ccc(-n2c3cc(-c4ccc5c(c4)-c4ccccc4-5)ccc3c3cccnc32)cc1. The molecule has 0 saturated carbocycles. The lowest BCUT2D eigenvalue weighted by Gasteiger charge is -2.24. The molecule has 0 N–H and O–H groups in total. The van der Waals surface area contributed by atoms with E-state index in [1.807, 2.05) is 12.3 Å². The van der Waals surface area contributed by atoms with E-state index < -0.39 is 0 Å². The van der Waals surface area contributed by atoms with Gasteiger partial charge in [-0.3, -0.25) is 4.57 Å². The Hall–Kier alpha value is -4.17. The van der Waals surface area contributed by atoms with Gasteiger partial charge >= 0.3 is 0 Å². The quantitative estimate of drug-likeness (QED) is 0.297. The molecule has 0 fully saturated rings. The van der Waals surface area contributed by atoms with Crippen LogP contribution in [-0.2, 0) is 0 Å². The third-order valence-electron chi connectivity index (χ3n) is 6.40. The first-order chi connectivity index (χ1) is 15.4. The van der Waals surface area contributed by atoms with Gasteiger partial charge in [0.2, 0.25) is 0 Å². The summed E-state index contributed by atoms with van der Waals surface area (Å²) in [6, 6.07) is 36.9. The third kappa shape index (κ3) is 2.30. The largest absolute Gasteiger partial charge is 0.294 e. The maximum absolute atomic E-state index is 4.72. The third-order valence-corrected chi connectivity index (χ3v) is 6.40. The number of hydrogen-bond acceptors (Lipinski definition) is 1. The molecule has 0 atom stereocenters. The molecule has 0 spiro atoms. The van der Waals surface area contributed by atoms with Gasteiger partial charge in [-0.25, -0.2) is 4.98 Å². The fourth-order valence-corrected chi connectivity index (χ4v) is 4.93. The molecule has 31 heavy (non-hydrogen) atoms. The molecule has 1 aliphatic carbocycles. The predicted molar refractivity (Wildman–Crippen MR) is 128 cm³/mol. The minimum Gasteiger partial charge on any atom is -0.294 e. The first-order valence-corrected chi connectivity index (χ1v) is 10.6. The lowest BCUT2D eigenvalue weighted by Crippen LogP contribution is -1.98. The van der Waals surface area contributed by atoms with Crippen LogP contribution in [0.1, 0.15) is 0 Å². The fourth-order valence-electron chi connectivity index (χ4n) is 4.93. The van der Waals surface area contributed by atoms with Crippen molar-refractivity contribution in [1.82, 2.24) is 9.55 Å². The van der Waals surface area contributed by atoms with Gasteiger partial charge in [-0.15, -0.1) is 0 Å². The maximum atomic E-state index is 4.72. The maximum Gasteiger partial charge on any atom is 0.145 e. The summed E-state index contributed by atoms with van der Waals surface area (Å²) < 4.78 is 2.27. The van der Waals surface area contributed by atoms with Crippen LogP contribution >= 0.6 is 0 Å². The van der Waals surface area contributed by atoms with E-state index in [2.05, 4.69) is 102 Å². The van der Waals surface area contributed by atoms with Crippen LogP contribution in [0.15, 0.2) is 109 Å². The van der Waals surface area contributed by atoms with Crippen LogP contribution in [0.4, 0.5) is 0 Å². The number of aromatic nitrogens is 2. The minimum atomic E-state index is 0.993. The van der Waals surface area contributed by atoms with E-state index in [4.69, 9.17) is 4.98 Å². The Labute approximate surface area is 180 Å².